The minimum atomic E-state index is -0.00889. The summed E-state index contributed by atoms with van der Waals surface area (Å²) >= 11 is 0. The number of epoxide rings is 1. The number of rotatable bonds is 3. The van der Waals surface area contributed by atoms with Crippen LogP contribution in [0.1, 0.15) is 11.1 Å². The Morgan fingerprint density at radius 1 is 1.24 bits per heavy atom. The fourth-order valence-corrected chi connectivity index (χ4v) is 2.52. The molecule has 2 heterocycles. The van der Waals surface area contributed by atoms with Crippen LogP contribution in [0.15, 0.2) is 24.3 Å². The standard InChI is InChI=1S/C14H20N2O/c1-12-2-4-13(5-3-12)14(11-17-14)10-16-8-6-15-7-9-16/h2-5,15H,6-11H2,1H3. The lowest BCUT2D eigenvalue weighted by Gasteiger charge is -2.29. The highest BCUT2D eigenvalue weighted by Gasteiger charge is 2.47. The smallest absolute Gasteiger partial charge is 0.129 e. The van der Waals surface area contributed by atoms with Gasteiger partial charge in [-0.2, -0.15) is 0 Å². The summed E-state index contributed by atoms with van der Waals surface area (Å²) in [6.45, 7) is 8.51. The highest BCUT2D eigenvalue weighted by Crippen LogP contribution is 2.39. The molecule has 0 bridgehead atoms. The van der Waals surface area contributed by atoms with Crippen molar-refractivity contribution in [3.63, 3.8) is 0 Å². The zero-order chi connectivity index (χ0) is 11.7. The quantitative estimate of drug-likeness (QED) is 0.792. The Labute approximate surface area is 103 Å². The van der Waals surface area contributed by atoms with Gasteiger partial charge in [-0.25, -0.2) is 0 Å². The minimum absolute atomic E-state index is 0.00889. The van der Waals surface area contributed by atoms with Crippen LogP contribution >= 0.6 is 0 Å². The Bertz CT molecular complexity index is 378. The molecule has 3 heteroatoms. The van der Waals surface area contributed by atoms with Gasteiger partial charge in [-0.15, -0.1) is 0 Å². The van der Waals surface area contributed by atoms with Crippen molar-refractivity contribution in [2.24, 2.45) is 0 Å². The first kappa shape index (κ1) is 11.2. The summed E-state index contributed by atoms with van der Waals surface area (Å²) in [5.41, 5.74) is 2.64. The summed E-state index contributed by atoms with van der Waals surface area (Å²) in [6, 6.07) is 8.78. The molecule has 1 atom stereocenters. The molecule has 0 aliphatic carbocycles. The Balaban J connectivity index is 1.70. The first-order valence-electron chi connectivity index (χ1n) is 6.43. The van der Waals surface area contributed by atoms with Gasteiger partial charge in [0, 0.05) is 32.7 Å². The van der Waals surface area contributed by atoms with Gasteiger partial charge in [-0.1, -0.05) is 29.8 Å². The Kier molecular flexibility index (Phi) is 2.90. The molecule has 1 N–H and O–H groups in total. The van der Waals surface area contributed by atoms with Crippen molar-refractivity contribution in [3.8, 4) is 0 Å². The van der Waals surface area contributed by atoms with E-state index in [0.29, 0.717) is 0 Å². The zero-order valence-electron chi connectivity index (χ0n) is 10.4. The van der Waals surface area contributed by atoms with Crippen molar-refractivity contribution in [1.82, 2.24) is 10.2 Å². The summed E-state index contributed by atoms with van der Waals surface area (Å²) < 4.78 is 5.76. The third-order valence-corrected chi connectivity index (χ3v) is 3.76. The first-order chi connectivity index (χ1) is 8.28. The molecular weight excluding hydrogens is 212 g/mol. The summed E-state index contributed by atoms with van der Waals surface area (Å²) in [4.78, 5) is 2.50. The fourth-order valence-electron chi connectivity index (χ4n) is 2.52. The lowest BCUT2D eigenvalue weighted by molar-refractivity contribution is 0.170. The maximum atomic E-state index is 5.76. The third-order valence-electron chi connectivity index (χ3n) is 3.76. The van der Waals surface area contributed by atoms with Gasteiger partial charge < -0.3 is 10.1 Å². The molecule has 0 aromatic heterocycles. The molecule has 1 unspecified atom stereocenters. The molecule has 1 aromatic carbocycles. The van der Waals surface area contributed by atoms with E-state index in [9.17, 15) is 0 Å². The monoisotopic (exact) mass is 232 g/mol. The molecule has 92 valence electrons. The molecule has 0 saturated carbocycles. The Morgan fingerprint density at radius 3 is 2.47 bits per heavy atom. The zero-order valence-corrected chi connectivity index (χ0v) is 10.4. The van der Waals surface area contributed by atoms with Crippen molar-refractivity contribution >= 4 is 0 Å². The van der Waals surface area contributed by atoms with Crippen molar-refractivity contribution in [3.05, 3.63) is 35.4 Å². The van der Waals surface area contributed by atoms with E-state index in [1.165, 1.54) is 11.1 Å². The largest absolute Gasteiger partial charge is 0.363 e. The number of ether oxygens (including phenoxy) is 1. The van der Waals surface area contributed by atoms with Gasteiger partial charge in [0.15, 0.2) is 0 Å². The topological polar surface area (TPSA) is 27.8 Å². The number of hydrogen-bond acceptors (Lipinski definition) is 3. The van der Waals surface area contributed by atoms with E-state index < -0.39 is 0 Å². The van der Waals surface area contributed by atoms with E-state index in [1.807, 2.05) is 0 Å². The molecule has 1 aromatic rings. The van der Waals surface area contributed by atoms with Gasteiger partial charge in [0.1, 0.15) is 5.60 Å². The summed E-state index contributed by atoms with van der Waals surface area (Å²) in [5.74, 6) is 0. The summed E-state index contributed by atoms with van der Waals surface area (Å²) in [6.07, 6.45) is 0. The van der Waals surface area contributed by atoms with E-state index in [2.05, 4.69) is 41.4 Å². The van der Waals surface area contributed by atoms with Crippen LogP contribution in [0, 0.1) is 6.92 Å². The molecule has 2 saturated heterocycles. The SMILES string of the molecule is Cc1ccc(C2(CN3CCNCC3)CO2)cc1. The lowest BCUT2D eigenvalue weighted by Crippen LogP contribution is -2.46. The van der Waals surface area contributed by atoms with Crippen molar-refractivity contribution in [2.75, 3.05) is 39.3 Å². The number of nitrogens with one attached hydrogen (secondary N) is 1. The van der Waals surface area contributed by atoms with Crippen LogP contribution in [0.2, 0.25) is 0 Å². The summed E-state index contributed by atoms with van der Waals surface area (Å²) in [5, 5.41) is 3.39. The average Bonchev–Trinajstić information content (AvgIpc) is 3.12. The Morgan fingerprint density at radius 2 is 1.88 bits per heavy atom. The molecule has 2 aliphatic rings. The predicted octanol–water partition coefficient (Wildman–Crippen LogP) is 1.13. The third kappa shape index (κ3) is 2.37. The average molecular weight is 232 g/mol. The number of benzene rings is 1. The van der Waals surface area contributed by atoms with Crippen molar-refractivity contribution < 1.29 is 4.74 Å². The van der Waals surface area contributed by atoms with Gasteiger partial charge >= 0.3 is 0 Å². The second-order valence-corrected chi connectivity index (χ2v) is 5.18. The van der Waals surface area contributed by atoms with Gasteiger partial charge in [0.05, 0.1) is 6.61 Å². The molecule has 17 heavy (non-hydrogen) atoms. The van der Waals surface area contributed by atoms with E-state index in [-0.39, 0.29) is 5.60 Å². The van der Waals surface area contributed by atoms with E-state index >= 15 is 0 Å². The van der Waals surface area contributed by atoms with E-state index in [1.54, 1.807) is 0 Å². The van der Waals surface area contributed by atoms with Crippen molar-refractivity contribution in [2.45, 2.75) is 12.5 Å². The number of aryl methyl sites for hydroxylation is 1. The normalized spacial score (nSPS) is 29.2. The van der Waals surface area contributed by atoms with Crippen LogP contribution in [0.3, 0.4) is 0 Å². The number of hydrogen-bond donors (Lipinski definition) is 1. The lowest BCUT2D eigenvalue weighted by atomic mass is 9.98. The van der Waals surface area contributed by atoms with Crippen LogP contribution in [0.4, 0.5) is 0 Å². The van der Waals surface area contributed by atoms with Gasteiger partial charge in [0.25, 0.3) is 0 Å². The molecule has 0 radical (unpaired) electrons. The number of piperazine rings is 1. The second-order valence-electron chi connectivity index (χ2n) is 5.18. The molecular formula is C14H20N2O. The fraction of sp³-hybridized carbons (Fsp3) is 0.571. The molecule has 3 nitrogen and oxygen atoms in total. The van der Waals surface area contributed by atoms with Gasteiger partial charge in [0.2, 0.25) is 0 Å². The molecule has 2 aliphatic heterocycles. The van der Waals surface area contributed by atoms with E-state index in [0.717, 1.165) is 39.3 Å². The highest BCUT2D eigenvalue weighted by atomic mass is 16.6. The highest BCUT2D eigenvalue weighted by molar-refractivity contribution is 5.30. The Hall–Kier alpha value is -0.900. The second kappa shape index (κ2) is 4.41. The van der Waals surface area contributed by atoms with Gasteiger partial charge in [-0.3, -0.25) is 4.90 Å². The van der Waals surface area contributed by atoms with Crippen LogP contribution in [-0.4, -0.2) is 44.2 Å². The summed E-state index contributed by atoms with van der Waals surface area (Å²) in [7, 11) is 0. The molecule has 0 amide bonds. The van der Waals surface area contributed by atoms with Crippen LogP contribution < -0.4 is 5.32 Å². The maximum absolute atomic E-state index is 5.76. The first-order valence-corrected chi connectivity index (χ1v) is 6.43. The van der Waals surface area contributed by atoms with Crippen molar-refractivity contribution in [1.29, 1.82) is 0 Å². The predicted molar refractivity (Wildman–Crippen MR) is 68.1 cm³/mol. The maximum Gasteiger partial charge on any atom is 0.129 e. The van der Waals surface area contributed by atoms with Crippen LogP contribution in [0.5, 0.6) is 0 Å². The van der Waals surface area contributed by atoms with Gasteiger partial charge in [-0.05, 0) is 12.5 Å². The van der Waals surface area contributed by atoms with E-state index in [4.69, 9.17) is 4.74 Å². The molecule has 3 rings (SSSR count). The number of nitrogens with zero attached hydrogens (tertiary/aromatic N) is 1. The minimum Gasteiger partial charge on any atom is -0.363 e. The van der Waals surface area contributed by atoms with Crippen LogP contribution in [0.25, 0.3) is 0 Å². The van der Waals surface area contributed by atoms with Crippen LogP contribution in [-0.2, 0) is 10.3 Å². The molecule has 2 fully saturated rings. The molecule has 0 spiro atoms.